The molecule has 0 saturated heterocycles. The van der Waals surface area contributed by atoms with E-state index >= 15 is 0 Å². The first-order valence-electron chi connectivity index (χ1n) is 7.61. The molecule has 0 saturated carbocycles. The molecule has 2 aromatic carbocycles. The molecule has 0 aromatic heterocycles. The van der Waals surface area contributed by atoms with Gasteiger partial charge in [-0.05, 0) is 29.8 Å². The number of halogens is 1. The smallest absolute Gasteiger partial charge is 0.412 e. The third-order valence-corrected chi connectivity index (χ3v) is 3.34. The van der Waals surface area contributed by atoms with Crippen molar-refractivity contribution in [3.8, 4) is 5.75 Å². The van der Waals surface area contributed by atoms with Gasteiger partial charge in [0, 0.05) is 18.2 Å². The van der Waals surface area contributed by atoms with Crippen LogP contribution in [0.15, 0.2) is 60.7 Å². The summed E-state index contributed by atoms with van der Waals surface area (Å²) in [5.41, 5.74) is 2.24. The highest BCUT2D eigenvalue weighted by molar-refractivity contribution is 5.86. The van der Waals surface area contributed by atoms with Crippen molar-refractivity contribution in [2.75, 3.05) is 5.32 Å². The molecular formula is C18H17FN2O5. The monoisotopic (exact) mass is 360 g/mol. The van der Waals surface area contributed by atoms with Crippen LogP contribution in [0.4, 0.5) is 14.9 Å². The first kappa shape index (κ1) is 18.9. The van der Waals surface area contributed by atoms with Crippen LogP contribution >= 0.6 is 0 Å². The molecule has 4 N–H and O–H groups in total. The lowest BCUT2D eigenvalue weighted by molar-refractivity contribution is -0.124. The van der Waals surface area contributed by atoms with E-state index in [1.807, 2.05) is 0 Å². The zero-order chi connectivity index (χ0) is 18.9. The number of ether oxygens (including phenoxy) is 1. The largest absolute Gasteiger partial charge is 0.505 e. The van der Waals surface area contributed by atoms with Gasteiger partial charge in [0.25, 0.3) is 5.91 Å². The standard InChI is InChI=1S/C18H17FN2O5/c19-14-11-12(9-10-15(14)22)16(7-4-8-17(23)21-25)26-18(24)20-13-5-2-1-3-6-13/h1-6,8-11,16,22,25H,7H2,(H,20,24)(H,21,23)/b8-4+/t16-/m0/s1. The normalized spacial score (nSPS) is 11.8. The van der Waals surface area contributed by atoms with Crippen LogP contribution in [0.1, 0.15) is 18.1 Å². The molecule has 0 spiro atoms. The fourth-order valence-corrected chi connectivity index (χ4v) is 2.11. The molecule has 2 rings (SSSR count). The second kappa shape index (κ2) is 9.19. The number of rotatable bonds is 6. The molecular weight excluding hydrogens is 343 g/mol. The first-order valence-corrected chi connectivity index (χ1v) is 7.61. The zero-order valence-electron chi connectivity index (χ0n) is 13.6. The lowest BCUT2D eigenvalue weighted by Gasteiger charge is -2.17. The average molecular weight is 360 g/mol. The van der Waals surface area contributed by atoms with Gasteiger partial charge in [-0.3, -0.25) is 15.3 Å². The van der Waals surface area contributed by atoms with Crippen LogP contribution in [-0.4, -0.2) is 22.3 Å². The zero-order valence-corrected chi connectivity index (χ0v) is 13.6. The molecule has 0 fully saturated rings. The second-order valence-electron chi connectivity index (χ2n) is 5.21. The number of phenolic OH excluding ortho intramolecular Hbond substituents is 1. The first-order chi connectivity index (χ1) is 12.5. The number of aromatic hydroxyl groups is 1. The van der Waals surface area contributed by atoms with Gasteiger partial charge in [-0.25, -0.2) is 14.7 Å². The Morgan fingerprint density at radius 2 is 1.92 bits per heavy atom. The van der Waals surface area contributed by atoms with Gasteiger partial charge < -0.3 is 9.84 Å². The van der Waals surface area contributed by atoms with Crippen molar-refractivity contribution in [2.24, 2.45) is 0 Å². The predicted molar refractivity (Wildman–Crippen MR) is 91.0 cm³/mol. The van der Waals surface area contributed by atoms with Crippen molar-refractivity contribution >= 4 is 17.7 Å². The van der Waals surface area contributed by atoms with E-state index < -0.39 is 29.7 Å². The Kier molecular flexibility index (Phi) is 6.69. The summed E-state index contributed by atoms with van der Waals surface area (Å²) in [5, 5.41) is 20.3. The third-order valence-electron chi connectivity index (χ3n) is 3.34. The van der Waals surface area contributed by atoms with Gasteiger partial charge in [0.1, 0.15) is 6.10 Å². The Balaban J connectivity index is 2.13. The minimum Gasteiger partial charge on any atom is -0.505 e. The van der Waals surface area contributed by atoms with E-state index in [1.54, 1.807) is 30.3 Å². The number of carbonyl (C=O) groups is 2. The highest BCUT2D eigenvalue weighted by atomic mass is 19.1. The van der Waals surface area contributed by atoms with Crippen molar-refractivity contribution in [1.82, 2.24) is 5.48 Å². The molecule has 7 nitrogen and oxygen atoms in total. The number of phenols is 1. The van der Waals surface area contributed by atoms with Crippen molar-refractivity contribution in [3.63, 3.8) is 0 Å². The van der Waals surface area contributed by atoms with E-state index in [1.165, 1.54) is 17.6 Å². The lowest BCUT2D eigenvalue weighted by atomic mass is 10.1. The SMILES string of the molecule is O=C(/C=C/C[C@H](OC(=O)Nc1ccccc1)c1ccc(O)c(F)c1)NO. The molecule has 2 amide bonds. The Morgan fingerprint density at radius 1 is 1.19 bits per heavy atom. The van der Waals surface area contributed by atoms with E-state index in [-0.39, 0.29) is 12.0 Å². The van der Waals surface area contributed by atoms with Gasteiger partial charge in [-0.2, -0.15) is 0 Å². The molecule has 1 atom stereocenters. The van der Waals surface area contributed by atoms with E-state index in [9.17, 15) is 19.1 Å². The van der Waals surface area contributed by atoms with Gasteiger partial charge >= 0.3 is 6.09 Å². The Labute approximate surface area is 148 Å². The van der Waals surface area contributed by atoms with Crippen LogP contribution in [0.5, 0.6) is 5.75 Å². The molecule has 8 heteroatoms. The number of benzene rings is 2. The molecule has 0 aliphatic carbocycles. The van der Waals surface area contributed by atoms with Crippen LogP contribution in [0.25, 0.3) is 0 Å². The minimum absolute atomic E-state index is 0.0415. The molecule has 0 aliphatic rings. The van der Waals surface area contributed by atoms with Gasteiger partial charge in [-0.1, -0.05) is 30.3 Å². The number of anilines is 1. The van der Waals surface area contributed by atoms with Crippen LogP contribution in [-0.2, 0) is 9.53 Å². The third kappa shape index (κ3) is 5.60. The molecule has 0 bridgehead atoms. The van der Waals surface area contributed by atoms with Crippen molar-refractivity contribution < 1.29 is 29.0 Å². The summed E-state index contributed by atoms with van der Waals surface area (Å²) < 4.78 is 18.9. The molecule has 0 heterocycles. The number of hydroxylamine groups is 1. The van der Waals surface area contributed by atoms with Gasteiger partial charge in [0.15, 0.2) is 11.6 Å². The van der Waals surface area contributed by atoms with Crippen molar-refractivity contribution in [2.45, 2.75) is 12.5 Å². The predicted octanol–water partition coefficient (Wildman–Crippen LogP) is 3.27. The van der Waals surface area contributed by atoms with Gasteiger partial charge in [0.05, 0.1) is 0 Å². The Morgan fingerprint density at radius 3 is 2.58 bits per heavy atom. The fourth-order valence-electron chi connectivity index (χ4n) is 2.11. The maximum Gasteiger partial charge on any atom is 0.412 e. The maximum absolute atomic E-state index is 13.6. The number of hydrogen-bond donors (Lipinski definition) is 4. The number of para-hydroxylation sites is 1. The summed E-state index contributed by atoms with van der Waals surface area (Å²) in [4.78, 5) is 23.1. The minimum atomic E-state index is -0.920. The summed E-state index contributed by atoms with van der Waals surface area (Å²) in [6.07, 6.45) is 0.755. The molecule has 0 aliphatic heterocycles. The maximum atomic E-state index is 13.6. The fraction of sp³-hybridized carbons (Fsp3) is 0.111. The summed E-state index contributed by atoms with van der Waals surface area (Å²) in [5.74, 6) is -2.15. The van der Waals surface area contributed by atoms with E-state index in [0.29, 0.717) is 5.69 Å². The van der Waals surface area contributed by atoms with Gasteiger partial charge in [-0.15, -0.1) is 0 Å². The van der Waals surface area contributed by atoms with Crippen LogP contribution < -0.4 is 10.8 Å². The van der Waals surface area contributed by atoms with Crippen molar-refractivity contribution in [3.05, 3.63) is 72.1 Å². The van der Waals surface area contributed by atoms with Crippen molar-refractivity contribution in [1.29, 1.82) is 0 Å². The van der Waals surface area contributed by atoms with E-state index in [0.717, 1.165) is 18.2 Å². The topological polar surface area (TPSA) is 108 Å². The van der Waals surface area contributed by atoms with Crippen LogP contribution in [0.2, 0.25) is 0 Å². The highest BCUT2D eigenvalue weighted by Gasteiger charge is 2.18. The Hall–Kier alpha value is -3.39. The van der Waals surface area contributed by atoms with Crippen LogP contribution in [0.3, 0.4) is 0 Å². The molecule has 0 radical (unpaired) electrons. The Bertz CT molecular complexity index is 795. The highest BCUT2D eigenvalue weighted by Crippen LogP contribution is 2.26. The number of nitrogens with one attached hydrogen (secondary N) is 2. The lowest BCUT2D eigenvalue weighted by Crippen LogP contribution is -2.18. The molecule has 0 unspecified atom stereocenters. The molecule has 26 heavy (non-hydrogen) atoms. The van der Waals surface area contributed by atoms with Crippen LogP contribution in [0, 0.1) is 5.82 Å². The summed E-state index contributed by atoms with van der Waals surface area (Å²) in [7, 11) is 0. The van der Waals surface area contributed by atoms with E-state index in [2.05, 4.69) is 5.32 Å². The molecule has 136 valence electrons. The molecule has 2 aromatic rings. The summed E-state index contributed by atoms with van der Waals surface area (Å²) >= 11 is 0. The number of hydrogen-bond acceptors (Lipinski definition) is 5. The summed E-state index contributed by atoms with van der Waals surface area (Å²) in [6.45, 7) is 0. The number of carbonyl (C=O) groups excluding carboxylic acids is 2. The second-order valence-corrected chi connectivity index (χ2v) is 5.21. The number of amides is 2. The van der Waals surface area contributed by atoms with Gasteiger partial charge in [0.2, 0.25) is 0 Å². The summed E-state index contributed by atoms with van der Waals surface area (Å²) in [6, 6.07) is 12.2. The average Bonchev–Trinajstić information content (AvgIpc) is 2.63. The quantitative estimate of drug-likeness (QED) is 0.359. The van der Waals surface area contributed by atoms with E-state index in [4.69, 9.17) is 9.94 Å².